The van der Waals surface area contributed by atoms with Gasteiger partial charge in [0, 0.05) is 18.4 Å². The highest BCUT2D eigenvalue weighted by Gasteiger charge is 2.37. The van der Waals surface area contributed by atoms with Crippen molar-refractivity contribution in [1.29, 1.82) is 0 Å². The van der Waals surface area contributed by atoms with E-state index in [2.05, 4.69) is 0 Å². The summed E-state index contributed by atoms with van der Waals surface area (Å²) < 4.78 is 10.9. The Morgan fingerprint density at radius 2 is 2.24 bits per heavy atom. The molecule has 2 rings (SSSR count). The highest BCUT2D eigenvalue weighted by molar-refractivity contribution is 5.41. The minimum Gasteiger partial charge on any atom is -0.496 e. The minimum atomic E-state index is -0.824. The van der Waals surface area contributed by atoms with Gasteiger partial charge in [-0.1, -0.05) is 11.6 Å². The predicted molar refractivity (Wildman–Crippen MR) is 66.3 cm³/mol. The molecule has 1 aliphatic rings. The first-order valence-electron chi connectivity index (χ1n) is 6.04. The molecule has 1 N–H and O–H groups in total. The second-order valence-electron chi connectivity index (χ2n) is 4.87. The zero-order valence-electron chi connectivity index (χ0n) is 10.7. The normalized spacial score (nSPS) is 29.1. The average molecular weight is 236 g/mol. The van der Waals surface area contributed by atoms with Crippen molar-refractivity contribution in [2.24, 2.45) is 0 Å². The van der Waals surface area contributed by atoms with E-state index >= 15 is 0 Å². The maximum absolute atomic E-state index is 10.8. The summed E-state index contributed by atoms with van der Waals surface area (Å²) in [6.07, 6.45) is 1.32. The number of hydrogen-bond acceptors (Lipinski definition) is 3. The van der Waals surface area contributed by atoms with Crippen LogP contribution in [0.4, 0.5) is 0 Å². The average Bonchev–Trinajstić information content (AvgIpc) is 2.28. The van der Waals surface area contributed by atoms with Crippen LogP contribution in [-0.2, 0) is 10.3 Å². The van der Waals surface area contributed by atoms with Crippen LogP contribution in [-0.4, -0.2) is 24.9 Å². The lowest BCUT2D eigenvalue weighted by Gasteiger charge is -2.36. The number of methoxy groups -OCH3 is 1. The quantitative estimate of drug-likeness (QED) is 0.857. The third kappa shape index (κ3) is 2.45. The van der Waals surface area contributed by atoms with Crippen LogP contribution in [0.25, 0.3) is 0 Å². The predicted octanol–water partition coefficient (Wildman–Crippen LogP) is 2.39. The first-order valence-corrected chi connectivity index (χ1v) is 6.04. The molecule has 1 heterocycles. The van der Waals surface area contributed by atoms with Crippen molar-refractivity contribution < 1.29 is 14.6 Å². The minimum absolute atomic E-state index is 0.0824. The molecule has 1 saturated heterocycles. The summed E-state index contributed by atoms with van der Waals surface area (Å²) in [5.74, 6) is 0.757. The molecule has 0 amide bonds. The zero-order valence-corrected chi connectivity index (χ0v) is 10.7. The lowest BCUT2D eigenvalue weighted by atomic mass is 9.83. The third-order valence-electron chi connectivity index (χ3n) is 3.40. The van der Waals surface area contributed by atoms with Crippen molar-refractivity contribution in [1.82, 2.24) is 0 Å². The molecule has 0 radical (unpaired) electrons. The Balaban J connectivity index is 2.40. The Morgan fingerprint density at radius 3 is 2.88 bits per heavy atom. The Bertz CT molecular complexity index is 402. The number of aryl methyl sites for hydroxylation is 1. The monoisotopic (exact) mass is 236 g/mol. The zero-order chi connectivity index (χ0) is 12.5. The lowest BCUT2D eigenvalue weighted by molar-refractivity contribution is -0.102. The van der Waals surface area contributed by atoms with Gasteiger partial charge < -0.3 is 14.6 Å². The van der Waals surface area contributed by atoms with Gasteiger partial charge >= 0.3 is 0 Å². The molecule has 0 saturated carbocycles. The topological polar surface area (TPSA) is 38.7 Å². The molecule has 2 unspecified atom stereocenters. The molecule has 1 aliphatic heterocycles. The molecule has 3 nitrogen and oxygen atoms in total. The van der Waals surface area contributed by atoms with E-state index in [1.54, 1.807) is 7.11 Å². The van der Waals surface area contributed by atoms with Gasteiger partial charge in [0.15, 0.2) is 0 Å². The van der Waals surface area contributed by atoms with Gasteiger partial charge in [0.2, 0.25) is 0 Å². The van der Waals surface area contributed by atoms with Crippen LogP contribution in [0.3, 0.4) is 0 Å². The molecule has 3 heteroatoms. The summed E-state index contributed by atoms with van der Waals surface area (Å²) in [7, 11) is 1.64. The standard InChI is InChI=1S/C14H20O3/c1-10-4-5-13(16-3)12(8-10)14(15)6-7-17-11(2)9-14/h4-5,8,11,15H,6-7,9H2,1-3H3. The Labute approximate surface area is 102 Å². The van der Waals surface area contributed by atoms with Gasteiger partial charge in [0.05, 0.1) is 25.4 Å². The van der Waals surface area contributed by atoms with E-state index in [0.717, 1.165) is 16.9 Å². The van der Waals surface area contributed by atoms with Gasteiger partial charge in [-0.15, -0.1) is 0 Å². The largest absolute Gasteiger partial charge is 0.496 e. The van der Waals surface area contributed by atoms with Gasteiger partial charge in [0.25, 0.3) is 0 Å². The third-order valence-corrected chi connectivity index (χ3v) is 3.40. The van der Waals surface area contributed by atoms with Crippen molar-refractivity contribution in [3.8, 4) is 5.75 Å². The number of aliphatic hydroxyl groups is 1. The second kappa shape index (κ2) is 4.67. The first-order chi connectivity index (χ1) is 8.05. The summed E-state index contributed by atoms with van der Waals surface area (Å²) >= 11 is 0. The number of rotatable bonds is 2. The fourth-order valence-corrected chi connectivity index (χ4v) is 2.50. The number of benzene rings is 1. The van der Waals surface area contributed by atoms with Gasteiger partial charge in [-0.05, 0) is 26.0 Å². The van der Waals surface area contributed by atoms with E-state index in [1.807, 2.05) is 32.0 Å². The van der Waals surface area contributed by atoms with Crippen LogP contribution in [0.5, 0.6) is 5.75 Å². The molecule has 94 valence electrons. The van der Waals surface area contributed by atoms with Gasteiger partial charge in [-0.3, -0.25) is 0 Å². The number of ether oxygens (including phenoxy) is 2. The highest BCUT2D eigenvalue weighted by Crippen LogP contribution is 2.39. The van der Waals surface area contributed by atoms with E-state index in [1.165, 1.54) is 0 Å². The van der Waals surface area contributed by atoms with Crippen molar-refractivity contribution in [2.75, 3.05) is 13.7 Å². The lowest BCUT2D eigenvalue weighted by Crippen LogP contribution is -2.37. The molecule has 1 aromatic carbocycles. The second-order valence-corrected chi connectivity index (χ2v) is 4.87. The summed E-state index contributed by atoms with van der Waals surface area (Å²) in [5, 5.41) is 10.8. The molecule has 17 heavy (non-hydrogen) atoms. The first kappa shape index (κ1) is 12.4. The van der Waals surface area contributed by atoms with Crippen LogP contribution in [0.2, 0.25) is 0 Å². The van der Waals surface area contributed by atoms with Gasteiger partial charge in [-0.2, -0.15) is 0 Å². The smallest absolute Gasteiger partial charge is 0.124 e. The Morgan fingerprint density at radius 1 is 1.47 bits per heavy atom. The molecule has 1 aromatic rings. The Hall–Kier alpha value is -1.06. The molecule has 1 fully saturated rings. The van der Waals surface area contributed by atoms with E-state index in [4.69, 9.17) is 9.47 Å². The molecule has 0 bridgehead atoms. The molecule has 0 aliphatic carbocycles. The Kier molecular flexibility index (Phi) is 3.40. The van der Waals surface area contributed by atoms with Crippen molar-refractivity contribution >= 4 is 0 Å². The summed E-state index contributed by atoms with van der Waals surface area (Å²) in [4.78, 5) is 0. The van der Waals surface area contributed by atoms with E-state index in [0.29, 0.717) is 19.4 Å². The summed E-state index contributed by atoms with van der Waals surface area (Å²) in [6, 6.07) is 5.92. The number of hydrogen-bond donors (Lipinski definition) is 1. The van der Waals surface area contributed by atoms with Gasteiger partial charge in [0.1, 0.15) is 5.75 Å². The fourth-order valence-electron chi connectivity index (χ4n) is 2.50. The van der Waals surface area contributed by atoms with Crippen molar-refractivity contribution in [3.63, 3.8) is 0 Å². The SMILES string of the molecule is COc1ccc(C)cc1C1(O)CCOC(C)C1. The van der Waals surface area contributed by atoms with E-state index in [9.17, 15) is 5.11 Å². The van der Waals surface area contributed by atoms with Gasteiger partial charge in [-0.25, -0.2) is 0 Å². The molecular formula is C14H20O3. The van der Waals surface area contributed by atoms with Crippen molar-refractivity contribution in [3.05, 3.63) is 29.3 Å². The van der Waals surface area contributed by atoms with Crippen LogP contribution in [0, 0.1) is 6.92 Å². The van der Waals surface area contributed by atoms with Crippen LogP contribution >= 0.6 is 0 Å². The summed E-state index contributed by atoms with van der Waals surface area (Å²) in [6.45, 7) is 4.61. The maximum Gasteiger partial charge on any atom is 0.124 e. The van der Waals surface area contributed by atoms with Crippen LogP contribution in [0.1, 0.15) is 30.9 Å². The highest BCUT2D eigenvalue weighted by atomic mass is 16.5. The maximum atomic E-state index is 10.8. The van der Waals surface area contributed by atoms with Crippen LogP contribution in [0.15, 0.2) is 18.2 Å². The fraction of sp³-hybridized carbons (Fsp3) is 0.571. The molecular weight excluding hydrogens is 216 g/mol. The van der Waals surface area contributed by atoms with Crippen LogP contribution < -0.4 is 4.74 Å². The van der Waals surface area contributed by atoms with Crippen molar-refractivity contribution in [2.45, 2.75) is 38.4 Å². The van der Waals surface area contributed by atoms with E-state index < -0.39 is 5.60 Å². The molecule has 0 aromatic heterocycles. The molecule has 2 atom stereocenters. The summed E-state index contributed by atoms with van der Waals surface area (Å²) in [5.41, 5.74) is 1.19. The van der Waals surface area contributed by atoms with E-state index in [-0.39, 0.29) is 6.10 Å². The molecule has 0 spiro atoms.